The molecule has 0 aliphatic carbocycles. The quantitative estimate of drug-likeness (QED) is 0.824. The maximum absolute atomic E-state index is 9.86. The highest BCUT2D eigenvalue weighted by Crippen LogP contribution is 2.20. The maximum Gasteiger partial charge on any atom is 0.184 e. The minimum atomic E-state index is -0.674. The zero-order valence-corrected chi connectivity index (χ0v) is 9.95. The van der Waals surface area contributed by atoms with E-state index in [1.165, 1.54) is 11.3 Å². The highest BCUT2D eigenvalue weighted by molar-refractivity contribution is 7.14. The van der Waals surface area contributed by atoms with Crippen molar-refractivity contribution in [3.8, 4) is 0 Å². The van der Waals surface area contributed by atoms with E-state index in [1.54, 1.807) is 5.38 Å². The second-order valence-corrected chi connectivity index (χ2v) is 4.82. The van der Waals surface area contributed by atoms with Crippen LogP contribution < -0.4 is 5.32 Å². The lowest BCUT2D eigenvalue weighted by Crippen LogP contribution is -2.33. The van der Waals surface area contributed by atoms with Crippen LogP contribution in [0.4, 0.5) is 5.13 Å². The normalized spacial score (nSPS) is 15.1. The Hall–Kier alpha value is -0.320. The van der Waals surface area contributed by atoms with E-state index < -0.39 is 5.60 Å². The second-order valence-electron chi connectivity index (χ2n) is 3.58. The number of anilines is 1. The molecule has 3 nitrogen and oxygen atoms in total. The van der Waals surface area contributed by atoms with Crippen LogP contribution in [0.2, 0.25) is 5.15 Å². The molecule has 1 atom stereocenters. The molecule has 0 amide bonds. The van der Waals surface area contributed by atoms with E-state index in [9.17, 15) is 5.11 Å². The van der Waals surface area contributed by atoms with E-state index in [2.05, 4.69) is 17.2 Å². The van der Waals surface area contributed by atoms with Crippen LogP contribution in [0.3, 0.4) is 0 Å². The fraction of sp³-hybridized carbons (Fsp3) is 0.667. The number of rotatable bonds is 5. The molecule has 0 fully saturated rings. The zero-order chi connectivity index (χ0) is 10.6. The van der Waals surface area contributed by atoms with Crippen LogP contribution in [-0.4, -0.2) is 22.2 Å². The van der Waals surface area contributed by atoms with Crippen molar-refractivity contribution in [1.82, 2.24) is 4.98 Å². The molecule has 0 aromatic carbocycles. The monoisotopic (exact) mass is 234 g/mol. The third-order valence-corrected chi connectivity index (χ3v) is 3.01. The van der Waals surface area contributed by atoms with Crippen molar-refractivity contribution in [2.75, 3.05) is 11.9 Å². The highest BCUT2D eigenvalue weighted by Gasteiger charge is 2.18. The van der Waals surface area contributed by atoms with E-state index >= 15 is 0 Å². The summed E-state index contributed by atoms with van der Waals surface area (Å²) in [6, 6.07) is 0. The summed E-state index contributed by atoms with van der Waals surface area (Å²) < 4.78 is 0. The van der Waals surface area contributed by atoms with Gasteiger partial charge in [0.1, 0.15) is 5.15 Å². The minimum Gasteiger partial charge on any atom is -0.388 e. The molecule has 0 spiro atoms. The van der Waals surface area contributed by atoms with E-state index in [0.717, 1.165) is 18.0 Å². The number of hydrogen-bond donors (Lipinski definition) is 2. The molecule has 0 radical (unpaired) electrons. The third-order valence-electron chi connectivity index (χ3n) is 1.89. The number of nitrogens with zero attached hydrogens (tertiary/aromatic N) is 1. The standard InChI is InChI=1S/C9H15ClN2OS/c1-3-4-9(2,13)6-11-8-12-7(10)5-14-8/h5,13H,3-4,6H2,1-2H3,(H,11,12). The summed E-state index contributed by atoms with van der Waals surface area (Å²) in [5, 5.41) is 15.9. The molecule has 1 rings (SSSR count). The van der Waals surface area contributed by atoms with Crippen LogP contribution in [0.15, 0.2) is 5.38 Å². The molecule has 14 heavy (non-hydrogen) atoms. The summed E-state index contributed by atoms with van der Waals surface area (Å²) in [6.45, 7) is 4.37. The lowest BCUT2D eigenvalue weighted by molar-refractivity contribution is 0.0637. The molecule has 1 aromatic heterocycles. The summed E-state index contributed by atoms with van der Waals surface area (Å²) in [7, 11) is 0. The van der Waals surface area contributed by atoms with Crippen molar-refractivity contribution in [1.29, 1.82) is 0 Å². The summed E-state index contributed by atoms with van der Waals surface area (Å²) in [6.07, 6.45) is 1.74. The smallest absolute Gasteiger partial charge is 0.184 e. The van der Waals surface area contributed by atoms with Gasteiger partial charge in [0.05, 0.1) is 5.60 Å². The molecular weight excluding hydrogens is 220 g/mol. The molecule has 0 aliphatic heterocycles. The van der Waals surface area contributed by atoms with E-state index in [1.807, 2.05) is 6.92 Å². The molecule has 0 aliphatic rings. The van der Waals surface area contributed by atoms with Crippen LogP contribution >= 0.6 is 22.9 Å². The van der Waals surface area contributed by atoms with Crippen molar-refractivity contribution in [2.45, 2.75) is 32.3 Å². The van der Waals surface area contributed by atoms with Crippen LogP contribution in [0.1, 0.15) is 26.7 Å². The first kappa shape index (κ1) is 11.8. The fourth-order valence-corrected chi connectivity index (χ4v) is 2.06. The number of aliphatic hydroxyl groups is 1. The lowest BCUT2D eigenvalue weighted by Gasteiger charge is -2.22. The van der Waals surface area contributed by atoms with Gasteiger partial charge in [-0.25, -0.2) is 4.98 Å². The largest absolute Gasteiger partial charge is 0.388 e. The molecule has 0 bridgehead atoms. The van der Waals surface area contributed by atoms with Crippen LogP contribution in [0.25, 0.3) is 0 Å². The number of hydrogen-bond acceptors (Lipinski definition) is 4. The summed E-state index contributed by atoms with van der Waals surface area (Å²) in [4.78, 5) is 4.04. The summed E-state index contributed by atoms with van der Waals surface area (Å²) >= 11 is 7.11. The first-order valence-electron chi connectivity index (χ1n) is 4.61. The summed E-state index contributed by atoms with van der Waals surface area (Å²) in [5.41, 5.74) is -0.674. The van der Waals surface area contributed by atoms with Gasteiger partial charge in [-0.2, -0.15) is 0 Å². The molecule has 1 aromatic rings. The molecule has 0 saturated carbocycles. The van der Waals surface area contributed by atoms with Crippen LogP contribution in [-0.2, 0) is 0 Å². The maximum atomic E-state index is 9.86. The van der Waals surface area contributed by atoms with Gasteiger partial charge >= 0.3 is 0 Å². The van der Waals surface area contributed by atoms with Gasteiger partial charge in [0.25, 0.3) is 0 Å². The van der Waals surface area contributed by atoms with Crippen LogP contribution in [0, 0.1) is 0 Å². The fourth-order valence-electron chi connectivity index (χ4n) is 1.23. The first-order valence-corrected chi connectivity index (χ1v) is 5.86. The number of nitrogens with one attached hydrogen (secondary N) is 1. The van der Waals surface area contributed by atoms with Gasteiger partial charge in [0.15, 0.2) is 5.13 Å². The van der Waals surface area contributed by atoms with Crippen LogP contribution in [0.5, 0.6) is 0 Å². The van der Waals surface area contributed by atoms with Crippen molar-refractivity contribution in [2.24, 2.45) is 0 Å². The van der Waals surface area contributed by atoms with Gasteiger partial charge in [-0.1, -0.05) is 24.9 Å². The predicted molar refractivity (Wildman–Crippen MR) is 61.1 cm³/mol. The zero-order valence-electron chi connectivity index (χ0n) is 8.38. The highest BCUT2D eigenvalue weighted by atomic mass is 35.5. The number of aromatic nitrogens is 1. The molecule has 2 N–H and O–H groups in total. The molecule has 1 heterocycles. The van der Waals surface area contributed by atoms with Gasteiger partial charge in [0, 0.05) is 11.9 Å². The Kier molecular flexibility index (Phi) is 4.16. The Labute approximate surface area is 93.1 Å². The van der Waals surface area contributed by atoms with Gasteiger partial charge in [-0.15, -0.1) is 11.3 Å². The van der Waals surface area contributed by atoms with Crippen molar-refractivity contribution in [3.63, 3.8) is 0 Å². The molecule has 80 valence electrons. The SMILES string of the molecule is CCCC(C)(O)CNc1nc(Cl)cs1. The van der Waals surface area contributed by atoms with Gasteiger partial charge in [0.2, 0.25) is 0 Å². The average Bonchev–Trinajstić information content (AvgIpc) is 2.48. The Balaban J connectivity index is 2.40. The Morgan fingerprint density at radius 2 is 2.43 bits per heavy atom. The molecule has 5 heteroatoms. The third kappa shape index (κ3) is 3.82. The van der Waals surface area contributed by atoms with Crippen molar-refractivity contribution in [3.05, 3.63) is 10.5 Å². The Bertz CT molecular complexity index is 288. The predicted octanol–water partition coefficient (Wildman–Crippen LogP) is 2.76. The second kappa shape index (κ2) is 4.96. The van der Waals surface area contributed by atoms with E-state index in [-0.39, 0.29) is 0 Å². The molecule has 1 unspecified atom stereocenters. The minimum absolute atomic E-state index is 0.493. The topological polar surface area (TPSA) is 45.1 Å². The molecule has 0 saturated heterocycles. The van der Waals surface area contributed by atoms with Crippen molar-refractivity contribution < 1.29 is 5.11 Å². The van der Waals surface area contributed by atoms with Gasteiger partial charge in [-0.05, 0) is 13.3 Å². The van der Waals surface area contributed by atoms with Gasteiger partial charge in [-0.3, -0.25) is 0 Å². The average molecular weight is 235 g/mol. The Morgan fingerprint density at radius 3 is 2.93 bits per heavy atom. The van der Waals surface area contributed by atoms with Gasteiger partial charge < -0.3 is 10.4 Å². The van der Waals surface area contributed by atoms with E-state index in [4.69, 9.17) is 11.6 Å². The Morgan fingerprint density at radius 1 is 1.71 bits per heavy atom. The molecular formula is C9H15ClN2OS. The first-order chi connectivity index (χ1) is 6.53. The number of halogens is 1. The number of thiazole rings is 1. The van der Waals surface area contributed by atoms with E-state index in [0.29, 0.717) is 11.7 Å². The lowest BCUT2D eigenvalue weighted by atomic mass is 10.0. The van der Waals surface area contributed by atoms with Crippen molar-refractivity contribution >= 4 is 28.1 Å². The summed E-state index contributed by atoms with van der Waals surface area (Å²) in [5.74, 6) is 0.